The van der Waals surface area contributed by atoms with E-state index in [4.69, 9.17) is 4.74 Å². The summed E-state index contributed by atoms with van der Waals surface area (Å²) in [5.41, 5.74) is 3.21. The first kappa shape index (κ1) is 20.9. The van der Waals surface area contributed by atoms with E-state index >= 15 is 0 Å². The first-order chi connectivity index (χ1) is 13.4. The molecule has 1 heterocycles. The van der Waals surface area contributed by atoms with E-state index in [2.05, 4.69) is 41.6 Å². The van der Waals surface area contributed by atoms with Crippen LogP contribution in [0, 0.1) is 10.5 Å². The van der Waals surface area contributed by atoms with Crippen LogP contribution in [0.15, 0.2) is 47.4 Å². The van der Waals surface area contributed by atoms with Crippen molar-refractivity contribution in [2.24, 2.45) is 0 Å². The lowest BCUT2D eigenvalue weighted by Gasteiger charge is -2.19. The number of carbonyl (C=O) groups is 2. The molecule has 1 aliphatic heterocycles. The van der Waals surface area contributed by atoms with Crippen LogP contribution in [0.2, 0.25) is 0 Å². The predicted octanol–water partition coefficient (Wildman–Crippen LogP) is 6.01. The van der Waals surface area contributed by atoms with Gasteiger partial charge < -0.3 is 4.74 Å². The van der Waals surface area contributed by atoms with Gasteiger partial charge in [0, 0.05) is 6.04 Å². The van der Waals surface area contributed by atoms with Crippen LogP contribution < -0.4 is 4.74 Å². The van der Waals surface area contributed by atoms with E-state index in [9.17, 15) is 9.59 Å². The molecule has 146 valence electrons. The van der Waals surface area contributed by atoms with Gasteiger partial charge in [0.25, 0.3) is 11.1 Å². The Labute approximate surface area is 183 Å². The van der Waals surface area contributed by atoms with Crippen LogP contribution in [0.4, 0.5) is 4.79 Å². The summed E-state index contributed by atoms with van der Waals surface area (Å²) < 4.78 is 6.90. The van der Waals surface area contributed by atoms with Crippen molar-refractivity contribution in [2.75, 3.05) is 0 Å². The van der Waals surface area contributed by atoms with E-state index in [0.717, 1.165) is 38.6 Å². The van der Waals surface area contributed by atoms with Crippen LogP contribution in [-0.4, -0.2) is 22.1 Å². The molecule has 1 fully saturated rings. The second-order valence-electron chi connectivity index (χ2n) is 6.78. The number of nitrogens with zero attached hydrogens (tertiary/aromatic N) is 1. The van der Waals surface area contributed by atoms with Crippen LogP contribution in [0.3, 0.4) is 0 Å². The van der Waals surface area contributed by atoms with Gasteiger partial charge in [-0.05, 0) is 84.0 Å². The lowest BCUT2D eigenvalue weighted by atomic mass is 10.1. The van der Waals surface area contributed by atoms with Crippen molar-refractivity contribution in [1.29, 1.82) is 0 Å². The fraction of sp³-hybridized carbons (Fsp3) is 0.273. The number of thioether (sulfide) groups is 1. The molecule has 0 radical (unpaired) electrons. The molecule has 1 aliphatic rings. The molecule has 0 N–H and O–H groups in total. The minimum Gasteiger partial charge on any atom is -0.488 e. The van der Waals surface area contributed by atoms with Gasteiger partial charge in [0.05, 0.1) is 8.48 Å². The molecule has 2 amide bonds. The summed E-state index contributed by atoms with van der Waals surface area (Å²) in [4.78, 5) is 26.5. The summed E-state index contributed by atoms with van der Waals surface area (Å²) in [6.07, 6.45) is 2.52. The molecule has 4 nitrogen and oxygen atoms in total. The summed E-state index contributed by atoms with van der Waals surface area (Å²) >= 11 is 3.23. The quantitative estimate of drug-likeness (QED) is 0.355. The highest BCUT2D eigenvalue weighted by atomic mass is 127. The largest absolute Gasteiger partial charge is 0.488 e. The molecule has 0 aromatic heterocycles. The number of carbonyl (C=O) groups excluding carboxylic acids is 2. The molecule has 3 rings (SSSR count). The van der Waals surface area contributed by atoms with Crippen molar-refractivity contribution < 1.29 is 14.3 Å². The summed E-state index contributed by atoms with van der Waals surface area (Å²) in [5.74, 6) is 0.589. The zero-order valence-corrected chi connectivity index (χ0v) is 19.0. The number of halogens is 1. The van der Waals surface area contributed by atoms with E-state index in [-0.39, 0.29) is 17.2 Å². The molecule has 2 aromatic rings. The lowest BCUT2D eigenvalue weighted by Crippen LogP contribution is -2.36. The van der Waals surface area contributed by atoms with Crippen LogP contribution >= 0.6 is 34.4 Å². The third-order valence-corrected chi connectivity index (χ3v) is 6.31. The first-order valence-corrected chi connectivity index (χ1v) is 11.0. The molecular weight excluding hydrogens is 485 g/mol. The Kier molecular flexibility index (Phi) is 6.82. The van der Waals surface area contributed by atoms with Gasteiger partial charge in [-0.3, -0.25) is 14.5 Å². The van der Waals surface area contributed by atoms with Crippen molar-refractivity contribution in [3.05, 3.63) is 67.6 Å². The van der Waals surface area contributed by atoms with Crippen molar-refractivity contribution in [3.63, 3.8) is 0 Å². The standard InChI is InChI=1S/C22H22INO3S/c1-4-15(3)24-21(25)20(28-22(24)26)12-16-8-9-19(18(23)11-16)27-13-17-7-5-6-14(2)10-17/h5-12,15H,4,13H2,1-3H3/b20-12+/t15-/m1/s1. The number of aryl methyl sites for hydroxylation is 1. The average Bonchev–Trinajstić information content (AvgIpc) is 2.94. The van der Waals surface area contributed by atoms with Crippen molar-refractivity contribution in [1.82, 2.24) is 4.90 Å². The number of benzene rings is 2. The molecule has 1 saturated heterocycles. The van der Waals surface area contributed by atoms with E-state index in [1.165, 1.54) is 10.5 Å². The SMILES string of the molecule is CC[C@@H](C)N1C(=O)S/C(=C/c2ccc(OCc3cccc(C)c3)c(I)c2)C1=O. The molecule has 28 heavy (non-hydrogen) atoms. The Morgan fingerprint density at radius 1 is 1.21 bits per heavy atom. The molecule has 0 unspecified atom stereocenters. The van der Waals surface area contributed by atoms with E-state index < -0.39 is 0 Å². The molecule has 0 spiro atoms. The van der Waals surface area contributed by atoms with E-state index in [1.807, 2.05) is 44.2 Å². The van der Waals surface area contributed by atoms with Crippen LogP contribution in [0.25, 0.3) is 6.08 Å². The van der Waals surface area contributed by atoms with Crippen LogP contribution in [0.1, 0.15) is 37.0 Å². The van der Waals surface area contributed by atoms with Gasteiger partial charge in [0.1, 0.15) is 12.4 Å². The fourth-order valence-corrected chi connectivity index (χ4v) is 4.51. The number of rotatable bonds is 6. The first-order valence-electron chi connectivity index (χ1n) is 9.14. The van der Waals surface area contributed by atoms with Crippen LogP contribution in [-0.2, 0) is 11.4 Å². The normalized spacial score (nSPS) is 16.7. The maximum Gasteiger partial charge on any atom is 0.293 e. The minimum absolute atomic E-state index is 0.0871. The number of amides is 2. The van der Waals surface area contributed by atoms with E-state index in [1.54, 1.807) is 6.08 Å². The second-order valence-corrected chi connectivity index (χ2v) is 8.93. The fourth-order valence-electron chi connectivity index (χ4n) is 2.88. The van der Waals surface area contributed by atoms with Crippen molar-refractivity contribution >= 4 is 51.6 Å². The molecule has 1 atom stereocenters. The highest BCUT2D eigenvalue weighted by Gasteiger charge is 2.37. The van der Waals surface area contributed by atoms with Gasteiger partial charge in [0.2, 0.25) is 0 Å². The second kappa shape index (κ2) is 9.13. The third-order valence-electron chi connectivity index (χ3n) is 4.59. The summed E-state index contributed by atoms with van der Waals surface area (Å²) in [7, 11) is 0. The van der Waals surface area contributed by atoms with Crippen LogP contribution in [0.5, 0.6) is 5.75 Å². The van der Waals surface area contributed by atoms with Crippen molar-refractivity contribution in [3.8, 4) is 5.75 Å². The number of hydrogen-bond donors (Lipinski definition) is 0. The van der Waals surface area contributed by atoms with Gasteiger partial charge >= 0.3 is 0 Å². The average molecular weight is 507 g/mol. The lowest BCUT2D eigenvalue weighted by molar-refractivity contribution is -0.124. The minimum atomic E-state index is -0.209. The Hall–Kier alpha value is -1.80. The monoisotopic (exact) mass is 507 g/mol. The van der Waals surface area contributed by atoms with Gasteiger partial charge in [-0.2, -0.15) is 0 Å². The maximum absolute atomic E-state index is 12.5. The predicted molar refractivity (Wildman–Crippen MR) is 122 cm³/mol. The molecule has 2 aromatic carbocycles. The Morgan fingerprint density at radius 2 is 2.00 bits per heavy atom. The number of hydrogen-bond acceptors (Lipinski definition) is 4. The zero-order valence-electron chi connectivity index (χ0n) is 16.1. The topological polar surface area (TPSA) is 46.6 Å². The molecule has 0 saturated carbocycles. The Bertz CT molecular complexity index is 941. The van der Waals surface area contributed by atoms with Gasteiger partial charge in [-0.15, -0.1) is 0 Å². The number of imide groups is 1. The Balaban J connectivity index is 1.73. The highest BCUT2D eigenvalue weighted by Crippen LogP contribution is 2.34. The molecular formula is C22H22INO3S. The van der Waals surface area contributed by atoms with Crippen molar-refractivity contribution in [2.45, 2.75) is 39.8 Å². The molecule has 6 heteroatoms. The smallest absolute Gasteiger partial charge is 0.293 e. The highest BCUT2D eigenvalue weighted by molar-refractivity contribution is 14.1. The summed E-state index contributed by atoms with van der Waals surface area (Å²) in [6, 6.07) is 13.9. The summed E-state index contributed by atoms with van der Waals surface area (Å²) in [5, 5.41) is -0.196. The molecule has 0 aliphatic carbocycles. The zero-order chi connectivity index (χ0) is 20.3. The molecule has 0 bridgehead atoms. The number of ether oxygens (including phenoxy) is 1. The van der Waals surface area contributed by atoms with Gasteiger partial charge in [0.15, 0.2) is 0 Å². The van der Waals surface area contributed by atoms with Gasteiger partial charge in [-0.25, -0.2) is 0 Å². The maximum atomic E-state index is 12.5. The summed E-state index contributed by atoms with van der Waals surface area (Å²) in [6.45, 7) is 6.42. The van der Waals surface area contributed by atoms with E-state index in [0.29, 0.717) is 11.5 Å². The van der Waals surface area contributed by atoms with Gasteiger partial charge in [-0.1, -0.05) is 42.8 Å². The Morgan fingerprint density at radius 3 is 2.68 bits per heavy atom. The third kappa shape index (κ3) is 4.78.